The minimum Gasteiger partial charge on any atom is -0.397 e. The summed E-state index contributed by atoms with van der Waals surface area (Å²) >= 11 is 9.78. The molecular weight excluding hydrogens is 440 g/mol. The van der Waals surface area contributed by atoms with Gasteiger partial charge in [-0.2, -0.15) is 0 Å². The van der Waals surface area contributed by atoms with Gasteiger partial charge in [0.05, 0.1) is 22.8 Å². The fourth-order valence-corrected chi connectivity index (χ4v) is 2.85. The van der Waals surface area contributed by atoms with Gasteiger partial charge in [0.2, 0.25) is 0 Å². The second-order valence-electron chi connectivity index (χ2n) is 3.73. The fraction of sp³-hybridized carbons (Fsp3) is 0.167. The third-order valence-electron chi connectivity index (χ3n) is 2.26. The van der Waals surface area contributed by atoms with E-state index in [1.807, 2.05) is 32.0 Å². The monoisotopic (exact) mass is 450 g/mol. The van der Waals surface area contributed by atoms with Crippen LogP contribution in [0.5, 0.6) is 0 Å². The molecular formula is C12H13Br3N4. The molecule has 0 saturated carbocycles. The van der Waals surface area contributed by atoms with Gasteiger partial charge in [-0.05, 0) is 79.8 Å². The molecule has 0 aromatic carbocycles. The summed E-state index contributed by atoms with van der Waals surface area (Å²) in [5, 5.41) is 0. The summed E-state index contributed by atoms with van der Waals surface area (Å²) in [6.45, 7) is 3.74. The Labute approximate surface area is 137 Å². The Bertz CT molecular complexity index is 564. The Morgan fingerprint density at radius 3 is 1.95 bits per heavy atom. The number of aryl methyl sites for hydroxylation is 2. The highest BCUT2D eigenvalue weighted by molar-refractivity contribution is 9.11. The van der Waals surface area contributed by atoms with Crippen LogP contribution in [0.25, 0.3) is 0 Å². The summed E-state index contributed by atoms with van der Waals surface area (Å²) < 4.78 is 2.51. The van der Waals surface area contributed by atoms with Gasteiger partial charge in [0.15, 0.2) is 0 Å². The maximum absolute atomic E-state index is 5.62. The molecule has 0 fully saturated rings. The lowest BCUT2D eigenvalue weighted by Crippen LogP contribution is -1.93. The van der Waals surface area contributed by atoms with Gasteiger partial charge in [0.25, 0.3) is 0 Å². The molecule has 0 bridgehead atoms. The summed E-state index contributed by atoms with van der Waals surface area (Å²) in [6.07, 6.45) is 0. The molecule has 0 atom stereocenters. The van der Waals surface area contributed by atoms with Crippen LogP contribution in [0, 0.1) is 13.8 Å². The van der Waals surface area contributed by atoms with Crippen molar-refractivity contribution >= 4 is 59.2 Å². The minimum atomic E-state index is 0.697. The van der Waals surface area contributed by atoms with Crippen molar-refractivity contribution in [1.29, 1.82) is 0 Å². The number of halogens is 3. The van der Waals surface area contributed by atoms with E-state index in [0.29, 0.717) is 5.69 Å². The summed E-state index contributed by atoms with van der Waals surface area (Å²) in [6, 6.07) is 5.47. The number of hydrogen-bond donors (Lipinski definition) is 2. The van der Waals surface area contributed by atoms with Crippen LogP contribution in [-0.2, 0) is 0 Å². The molecule has 7 heteroatoms. The van der Waals surface area contributed by atoms with Gasteiger partial charge in [-0.25, -0.2) is 9.97 Å². The Balaban J connectivity index is 0.000000191. The van der Waals surface area contributed by atoms with Gasteiger partial charge in [-0.3, -0.25) is 0 Å². The van der Waals surface area contributed by atoms with Crippen molar-refractivity contribution in [3.63, 3.8) is 0 Å². The summed E-state index contributed by atoms with van der Waals surface area (Å²) in [7, 11) is 0. The van der Waals surface area contributed by atoms with E-state index in [2.05, 4.69) is 57.8 Å². The second kappa shape index (κ2) is 7.21. The van der Waals surface area contributed by atoms with Gasteiger partial charge in [0.1, 0.15) is 9.21 Å². The van der Waals surface area contributed by atoms with E-state index < -0.39 is 0 Å². The molecule has 2 rings (SSSR count). The quantitative estimate of drug-likeness (QED) is 0.586. The number of pyridine rings is 2. The van der Waals surface area contributed by atoms with E-state index in [1.54, 1.807) is 0 Å². The third kappa shape index (κ3) is 5.08. The molecule has 19 heavy (non-hydrogen) atoms. The van der Waals surface area contributed by atoms with Crippen molar-refractivity contribution in [2.24, 2.45) is 0 Å². The van der Waals surface area contributed by atoms with E-state index in [1.165, 1.54) is 0 Å². The smallest absolute Gasteiger partial charge is 0.107 e. The molecule has 102 valence electrons. The number of nitrogens with two attached hydrogens (primary N) is 2. The van der Waals surface area contributed by atoms with E-state index >= 15 is 0 Å². The van der Waals surface area contributed by atoms with Gasteiger partial charge >= 0.3 is 0 Å². The molecule has 0 amide bonds. The van der Waals surface area contributed by atoms with Crippen molar-refractivity contribution < 1.29 is 0 Å². The van der Waals surface area contributed by atoms with Crippen molar-refractivity contribution in [1.82, 2.24) is 9.97 Å². The molecule has 0 aliphatic carbocycles. The molecule has 2 aromatic rings. The van der Waals surface area contributed by atoms with Crippen molar-refractivity contribution in [2.45, 2.75) is 13.8 Å². The normalized spacial score (nSPS) is 9.74. The van der Waals surface area contributed by atoms with Crippen LogP contribution in [0.15, 0.2) is 31.9 Å². The molecule has 0 unspecified atom stereocenters. The number of anilines is 2. The topological polar surface area (TPSA) is 77.8 Å². The molecule has 2 heterocycles. The van der Waals surface area contributed by atoms with Crippen LogP contribution in [0.4, 0.5) is 11.4 Å². The molecule has 4 N–H and O–H groups in total. The first-order valence-corrected chi connectivity index (χ1v) is 7.66. The standard InChI is InChI=1S/C6H6Br2N2.C6H7BrN2/c1-3-6(9)4(7)2-5(8)10-3;1-4-5(8)2-3-6(7)9-4/h2H,9H2,1H3;2-3H,8H2,1H3. The van der Waals surface area contributed by atoms with E-state index in [9.17, 15) is 0 Å². The van der Waals surface area contributed by atoms with Gasteiger partial charge in [-0.1, -0.05) is 0 Å². The van der Waals surface area contributed by atoms with Crippen LogP contribution in [0.3, 0.4) is 0 Å². The average Bonchev–Trinajstić information content (AvgIpc) is 2.32. The predicted molar refractivity (Wildman–Crippen MR) is 89.9 cm³/mol. The highest BCUT2D eigenvalue weighted by atomic mass is 79.9. The number of nitrogen functional groups attached to an aromatic ring is 2. The van der Waals surface area contributed by atoms with Crippen molar-refractivity contribution in [3.05, 3.63) is 43.3 Å². The highest BCUT2D eigenvalue weighted by Crippen LogP contribution is 2.24. The van der Waals surface area contributed by atoms with E-state index in [-0.39, 0.29) is 0 Å². The Hall–Kier alpha value is -0.660. The second-order valence-corrected chi connectivity index (χ2v) is 6.21. The number of rotatable bonds is 0. The van der Waals surface area contributed by atoms with Gasteiger partial charge in [-0.15, -0.1) is 0 Å². The highest BCUT2D eigenvalue weighted by Gasteiger charge is 2.01. The Morgan fingerprint density at radius 1 is 0.895 bits per heavy atom. The molecule has 0 radical (unpaired) electrons. The first-order valence-electron chi connectivity index (χ1n) is 5.28. The maximum Gasteiger partial charge on any atom is 0.107 e. The van der Waals surface area contributed by atoms with Gasteiger partial charge in [0, 0.05) is 4.47 Å². The molecule has 0 aliphatic heterocycles. The summed E-state index contributed by atoms with van der Waals surface area (Å²) in [4.78, 5) is 8.16. The van der Waals surface area contributed by atoms with E-state index in [0.717, 1.165) is 30.8 Å². The van der Waals surface area contributed by atoms with Crippen molar-refractivity contribution in [2.75, 3.05) is 11.5 Å². The Kier molecular flexibility index (Phi) is 6.22. The molecule has 4 nitrogen and oxygen atoms in total. The summed E-state index contributed by atoms with van der Waals surface area (Å²) in [5.41, 5.74) is 14.3. The minimum absolute atomic E-state index is 0.697. The van der Waals surface area contributed by atoms with Crippen LogP contribution < -0.4 is 11.5 Å². The van der Waals surface area contributed by atoms with E-state index in [4.69, 9.17) is 11.5 Å². The molecule has 2 aromatic heterocycles. The zero-order valence-corrected chi connectivity index (χ0v) is 15.2. The number of hydrogen-bond acceptors (Lipinski definition) is 4. The van der Waals surface area contributed by atoms with Crippen LogP contribution in [-0.4, -0.2) is 9.97 Å². The lowest BCUT2D eigenvalue weighted by molar-refractivity contribution is 1.16. The van der Waals surface area contributed by atoms with Gasteiger partial charge < -0.3 is 11.5 Å². The summed E-state index contributed by atoms with van der Waals surface area (Å²) in [5.74, 6) is 0. The van der Waals surface area contributed by atoms with Crippen LogP contribution in [0.2, 0.25) is 0 Å². The molecule has 0 saturated heterocycles. The Morgan fingerprint density at radius 2 is 1.47 bits per heavy atom. The first-order chi connectivity index (χ1) is 8.81. The number of aromatic nitrogens is 2. The van der Waals surface area contributed by atoms with Crippen molar-refractivity contribution in [3.8, 4) is 0 Å². The SMILES string of the molecule is Cc1nc(Br)cc(Br)c1N.Cc1nc(Br)ccc1N. The largest absolute Gasteiger partial charge is 0.397 e. The van der Waals surface area contributed by atoms with Crippen LogP contribution in [0.1, 0.15) is 11.4 Å². The zero-order valence-electron chi connectivity index (χ0n) is 10.4. The number of nitrogens with zero attached hydrogens (tertiary/aromatic N) is 2. The molecule has 0 spiro atoms. The fourth-order valence-electron chi connectivity index (χ4n) is 1.15. The molecule has 0 aliphatic rings. The first kappa shape index (κ1) is 16.4. The predicted octanol–water partition coefficient (Wildman–Crippen LogP) is 4.23. The zero-order chi connectivity index (χ0) is 14.6. The third-order valence-corrected chi connectivity index (χ3v) is 3.76. The maximum atomic E-state index is 5.62. The van der Waals surface area contributed by atoms with Crippen LogP contribution >= 0.6 is 47.8 Å². The average molecular weight is 453 g/mol. The lowest BCUT2D eigenvalue weighted by Gasteiger charge is -2.01. The lowest BCUT2D eigenvalue weighted by atomic mass is 10.3.